The number of hydrogen-bond donors (Lipinski definition) is 1. The van der Waals surface area contributed by atoms with Crippen LogP contribution in [-0.2, 0) is 23.9 Å². The Morgan fingerprint density at radius 1 is 1.20 bits per heavy atom. The molecule has 0 aromatic heterocycles. The molecule has 0 fully saturated rings. The number of methoxy groups -OCH3 is 2. The Bertz CT molecular complexity index is 295. The van der Waals surface area contributed by atoms with Crippen LogP contribution < -0.4 is 5.32 Å². The molecule has 0 aliphatic rings. The highest BCUT2D eigenvalue weighted by atomic mass is 16.5. The van der Waals surface area contributed by atoms with Gasteiger partial charge in [0.05, 0.1) is 14.2 Å². The summed E-state index contributed by atoms with van der Waals surface area (Å²) in [6, 6.07) is 0. The van der Waals surface area contributed by atoms with E-state index in [1.165, 1.54) is 13.2 Å². The SMILES string of the molecule is CN/C=C(\C(=O)CC(=O)OC)C(=O)OC. The van der Waals surface area contributed by atoms with E-state index in [0.29, 0.717) is 0 Å². The molecular formula is C9H13NO5. The molecule has 0 rings (SSSR count). The van der Waals surface area contributed by atoms with Crippen LogP contribution in [0.5, 0.6) is 0 Å². The van der Waals surface area contributed by atoms with E-state index in [0.717, 1.165) is 14.2 Å². The van der Waals surface area contributed by atoms with Crippen LogP contribution in [0.3, 0.4) is 0 Å². The second-order valence-electron chi connectivity index (χ2n) is 2.51. The van der Waals surface area contributed by atoms with Crippen LogP contribution in [0.1, 0.15) is 6.42 Å². The van der Waals surface area contributed by atoms with Gasteiger partial charge >= 0.3 is 11.9 Å². The lowest BCUT2D eigenvalue weighted by Crippen LogP contribution is -2.20. The Kier molecular flexibility index (Phi) is 5.77. The first kappa shape index (κ1) is 13.2. The molecule has 1 N–H and O–H groups in total. The Labute approximate surface area is 87.2 Å². The Hall–Kier alpha value is -1.85. The number of Topliss-reactive ketones (excluding diaryl/α,β-unsaturated/α-hetero) is 1. The van der Waals surface area contributed by atoms with Crippen molar-refractivity contribution in [3.63, 3.8) is 0 Å². The van der Waals surface area contributed by atoms with Crippen molar-refractivity contribution < 1.29 is 23.9 Å². The smallest absolute Gasteiger partial charge is 0.342 e. The predicted octanol–water partition coefficient (Wildman–Crippen LogP) is -0.605. The monoisotopic (exact) mass is 215 g/mol. The number of ether oxygens (including phenoxy) is 2. The molecule has 0 spiro atoms. The third kappa shape index (κ3) is 4.26. The summed E-state index contributed by atoms with van der Waals surface area (Å²) in [7, 11) is 3.83. The summed E-state index contributed by atoms with van der Waals surface area (Å²) in [4.78, 5) is 33.3. The summed E-state index contributed by atoms with van der Waals surface area (Å²) in [5.74, 6) is -2.15. The van der Waals surface area contributed by atoms with Gasteiger partial charge in [0.1, 0.15) is 12.0 Å². The number of hydrogen-bond acceptors (Lipinski definition) is 6. The van der Waals surface area contributed by atoms with Crippen molar-refractivity contribution in [3.05, 3.63) is 11.8 Å². The van der Waals surface area contributed by atoms with Gasteiger partial charge in [-0.15, -0.1) is 0 Å². The molecule has 6 nitrogen and oxygen atoms in total. The Morgan fingerprint density at radius 3 is 2.20 bits per heavy atom. The van der Waals surface area contributed by atoms with Crippen LogP contribution in [0.4, 0.5) is 0 Å². The molecule has 0 atom stereocenters. The molecule has 0 aliphatic heterocycles. The molecule has 0 heterocycles. The van der Waals surface area contributed by atoms with E-state index in [-0.39, 0.29) is 5.57 Å². The van der Waals surface area contributed by atoms with Gasteiger partial charge in [0.25, 0.3) is 0 Å². The van der Waals surface area contributed by atoms with Gasteiger partial charge in [-0.05, 0) is 0 Å². The van der Waals surface area contributed by atoms with Crippen LogP contribution in [0.2, 0.25) is 0 Å². The highest BCUT2D eigenvalue weighted by Crippen LogP contribution is 2.02. The van der Waals surface area contributed by atoms with Crippen molar-refractivity contribution in [2.75, 3.05) is 21.3 Å². The van der Waals surface area contributed by atoms with Gasteiger partial charge in [-0.2, -0.15) is 0 Å². The summed E-state index contributed by atoms with van der Waals surface area (Å²) in [5, 5.41) is 2.52. The quantitative estimate of drug-likeness (QED) is 0.285. The standard InChI is InChI=1S/C9H13NO5/c1-10-5-6(9(13)15-3)7(11)4-8(12)14-2/h5,10H,4H2,1-3H3/b6-5+. The summed E-state index contributed by atoms with van der Waals surface area (Å²) >= 11 is 0. The minimum absolute atomic E-state index is 0.217. The van der Waals surface area contributed by atoms with Crippen molar-refractivity contribution in [1.82, 2.24) is 5.32 Å². The topological polar surface area (TPSA) is 81.7 Å². The molecular weight excluding hydrogens is 202 g/mol. The molecule has 0 amide bonds. The maximum absolute atomic E-state index is 11.4. The van der Waals surface area contributed by atoms with E-state index in [9.17, 15) is 14.4 Å². The van der Waals surface area contributed by atoms with E-state index >= 15 is 0 Å². The number of carbonyl (C=O) groups excluding carboxylic acids is 3. The van der Waals surface area contributed by atoms with E-state index in [1.54, 1.807) is 0 Å². The molecule has 0 radical (unpaired) electrons. The highest BCUT2D eigenvalue weighted by Gasteiger charge is 2.21. The van der Waals surface area contributed by atoms with Crippen LogP contribution in [0.25, 0.3) is 0 Å². The van der Waals surface area contributed by atoms with Crippen LogP contribution >= 0.6 is 0 Å². The van der Waals surface area contributed by atoms with Crippen molar-refractivity contribution in [2.24, 2.45) is 0 Å². The molecule has 0 saturated carbocycles. The molecule has 0 aromatic rings. The van der Waals surface area contributed by atoms with E-state index < -0.39 is 24.1 Å². The summed E-state index contributed by atoms with van der Waals surface area (Å²) in [6.07, 6.45) is 0.691. The number of carbonyl (C=O) groups is 3. The number of rotatable bonds is 5. The second-order valence-corrected chi connectivity index (χ2v) is 2.51. The van der Waals surface area contributed by atoms with Gasteiger partial charge in [0.15, 0.2) is 5.78 Å². The number of ketones is 1. The first-order valence-corrected chi connectivity index (χ1v) is 4.12. The number of nitrogens with one attached hydrogen (secondary N) is 1. The third-order valence-corrected chi connectivity index (χ3v) is 1.53. The van der Waals surface area contributed by atoms with Gasteiger partial charge in [-0.1, -0.05) is 0 Å². The average Bonchev–Trinajstić information content (AvgIpc) is 2.24. The molecule has 0 aromatic carbocycles. The van der Waals surface area contributed by atoms with E-state index in [1.807, 2.05) is 0 Å². The maximum Gasteiger partial charge on any atom is 0.342 e. The van der Waals surface area contributed by atoms with Gasteiger partial charge in [0.2, 0.25) is 0 Å². The summed E-state index contributed by atoms with van der Waals surface area (Å²) in [6.45, 7) is 0. The van der Waals surface area contributed by atoms with Crippen LogP contribution in [0, 0.1) is 0 Å². The Morgan fingerprint density at radius 2 is 1.80 bits per heavy atom. The second kappa shape index (κ2) is 6.58. The van der Waals surface area contributed by atoms with E-state index in [2.05, 4.69) is 14.8 Å². The largest absolute Gasteiger partial charge is 0.469 e. The summed E-state index contributed by atoms with van der Waals surface area (Å²) < 4.78 is 8.68. The zero-order valence-corrected chi connectivity index (χ0v) is 8.83. The van der Waals surface area contributed by atoms with Gasteiger partial charge in [0, 0.05) is 13.2 Å². The van der Waals surface area contributed by atoms with Gasteiger partial charge < -0.3 is 14.8 Å². The fourth-order valence-corrected chi connectivity index (χ4v) is 0.806. The fraction of sp³-hybridized carbons (Fsp3) is 0.444. The molecule has 15 heavy (non-hydrogen) atoms. The molecule has 84 valence electrons. The molecule has 0 saturated heterocycles. The van der Waals surface area contributed by atoms with Crippen LogP contribution in [0.15, 0.2) is 11.8 Å². The first-order chi connectivity index (χ1) is 7.06. The zero-order valence-electron chi connectivity index (χ0n) is 8.83. The first-order valence-electron chi connectivity index (χ1n) is 4.12. The third-order valence-electron chi connectivity index (χ3n) is 1.53. The van der Waals surface area contributed by atoms with Crippen LogP contribution in [-0.4, -0.2) is 39.0 Å². The fourth-order valence-electron chi connectivity index (χ4n) is 0.806. The van der Waals surface area contributed by atoms with Crippen molar-refractivity contribution in [3.8, 4) is 0 Å². The van der Waals surface area contributed by atoms with E-state index in [4.69, 9.17) is 0 Å². The minimum Gasteiger partial charge on any atom is -0.469 e. The minimum atomic E-state index is -0.793. The Balaban J connectivity index is 4.65. The van der Waals surface area contributed by atoms with Gasteiger partial charge in [-0.3, -0.25) is 9.59 Å². The van der Waals surface area contributed by atoms with Gasteiger partial charge in [-0.25, -0.2) is 4.79 Å². The normalized spacial score (nSPS) is 10.5. The molecule has 0 unspecified atom stereocenters. The molecule has 6 heteroatoms. The lowest BCUT2D eigenvalue weighted by atomic mass is 10.1. The van der Waals surface area contributed by atoms with Crippen molar-refractivity contribution >= 4 is 17.7 Å². The lowest BCUT2D eigenvalue weighted by molar-refractivity contribution is -0.143. The number of esters is 2. The highest BCUT2D eigenvalue weighted by molar-refractivity contribution is 6.20. The lowest BCUT2D eigenvalue weighted by Gasteiger charge is -2.03. The average molecular weight is 215 g/mol. The van der Waals surface area contributed by atoms with Crippen molar-refractivity contribution in [1.29, 1.82) is 0 Å². The molecule has 0 aliphatic carbocycles. The zero-order chi connectivity index (χ0) is 11.8. The maximum atomic E-state index is 11.4. The summed E-state index contributed by atoms with van der Waals surface area (Å²) in [5.41, 5.74) is -0.217. The van der Waals surface area contributed by atoms with Crippen molar-refractivity contribution in [2.45, 2.75) is 6.42 Å². The predicted molar refractivity (Wildman–Crippen MR) is 50.8 cm³/mol. The molecule has 0 bridgehead atoms.